The smallest absolute Gasteiger partial charge is 0.243 e. The first-order chi connectivity index (χ1) is 9.31. The standard InChI is InChI=1S/C12H16F2N2O3S/c13-8-4-9(14)12(5-10(8)15)20(18,19)16-6-7-2-1-3-11(7)17/h4-5,7,11,16-17H,1-3,6,15H2. The Labute approximate surface area is 115 Å². The summed E-state index contributed by atoms with van der Waals surface area (Å²) in [6.07, 6.45) is 1.61. The molecule has 20 heavy (non-hydrogen) atoms. The lowest BCUT2D eigenvalue weighted by Crippen LogP contribution is -2.33. The van der Waals surface area contributed by atoms with E-state index in [9.17, 15) is 22.3 Å². The van der Waals surface area contributed by atoms with E-state index in [1.54, 1.807) is 0 Å². The van der Waals surface area contributed by atoms with Crippen molar-refractivity contribution >= 4 is 15.7 Å². The molecule has 0 heterocycles. The third kappa shape index (κ3) is 3.08. The number of benzene rings is 1. The Balaban J connectivity index is 2.16. The van der Waals surface area contributed by atoms with Gasteiger partial charge in [-0.3, -0.25) is 0 Å². The van der Waals surface area contributed by atoms with Crippen molar-refractivity contribution in [3.8, 4) is 0 Å². The molecule has 5 nitrogen and oxygen atoms in total. The molecule has 2 rings (SSSR count). The highest BCUT2D eigenvalue weighted by molar-refractivity contribution is 7.89. The molecule has 1 aliphatic rings. The minimum Gasteiger partial charge on any atom is -0.396 e. The highest BCUT2D eigenvalue weighted by atomic mass is 32.2. The van der Waals surface area contributed by atoms with Crippen LogP contribution in [0.15, 0.2) is 17.0 Å². The third-order valence-corrected chi connectivity index (χ3v) is 4.93. The summed E-state index contributed by atoms with van der Waals surface area (Å²) in [5, 5.41) is 9.61. The quantitative estimate of drug-likeness (QED) is 0.723. The molecule has 1 aliphatic carbocycles. The Morgan fingerprint density at radius 2 is 2.00 bits per heavy atom. The van der Waals surface area contributed by atoms with Crippen LogP contribution in [0.1, 0.15) is 19.3 Å². The number of aliphatic hydroxyl groups is 1. The minimum atomic E-state index is -4.12. The molecule has 8 heteroatoms. The van der Waals surface area contributed by atoms with E-state index in [0.29, 0.717) is 18.9 Å². The van der Waals surface area contributed by atoms with Gasteiger partial charge in [-0.25, -0.2) is 21.9 Å². The number of nitrogen functional groups attached to an aromatic ring is 1. The largest absolute Gasteiger partial charge is 0.396 e. The van der Waals surface area contributed by atoms with Crippen molar-refractivity contribution in [2.75, 3.05) is 12.3 Å². The minimum absolute atomic E-state index is 0.0141. The Morgan fingerprint density at radius 3 is 2.60 bits per heavy atom. The molecule has 4 N–H and O–H groups in total. The number of hydrogen-bond donors (Lipinski definition) is 3. The monoisotopic (exact) mass is 306 g/mol. The lowest BCUT2D eigenvalue weighted by atomic mass is 10.1. The highest BCUT2D eigenvalue weighted by Crippen LogP contribution is 2.26. The van der Waals surface area contributed by atoms with Gasteiger partial charge in [-0.1, -0.05) is 6.42 Å². The van der Waals surface area contributed by atoms with Crippen LogP contribution in [0.25, 0.3) is 0 Å². The lowest BCUT2D eigenvalue weighted by molar-refractivity contribution is 0.134. The Bertz CT molecular complexity index is 607. The molecule has 0 spiro atoms. The van der Waals surface area contributed by atoms with E-state index in [1.807, 2.05) is 0 Å². The molecule has 112 valence electrons. The van der Waals surface area contributed by atoms with Gasteiger partial charge in [0.2, 0.25) is 10.0 Å². The van der Waals surface area contributed by atoms with Crippen LogP contribution in [-0.4, -0.2) is 26.2 Å². The molecule has 0 saturated heterocycles. The summed E-state index contributed by atoms with van der Waals surface area (Å²) in [7, 11) is -4.12. The summed E-state index contributed by atoms with van der Waals surface area (Å²) in [5.41, 5.74) is 4.82. The van der Waals surface area contributed by atoms with Crippen molar-refractivity contribution in [2.45, 2.75) is 30.3 Å². The number of anilines is 1. The van der Waals surface area contributed by atoms with Gasteiger partial charge in [0, 0.05) is 12.6 Å². The van der Waals surface area contributed by atoms with Gasteiger partial charge in [-0.15, -0.1) is 0 Å². The molecule has 1 saturated carbocycles. The number of sulfonamides is 1. The van der Waals surface area contributed by atoms with Gasteiger partial charge < -0.3 is 10.8 Å². The summed E-state index contributed by atoms with van der Waals surface area (Å²) < 4.78 is 52.7. The summed E-state index contributed by atoms with van der Waals surface area (Å²) >= 11 is 0. The van der Waals surface area contributed by atoms with Gasteiger partial charge in [0.1, 0.15) is 16.5 Å². The summed E-state index contributed by atoms with van der Waals surface area (Å²) in [5.74, 6) is -2.39. The van der Waals surface area contributed by atoms with Gasteiger partial charge in [-0.2, -0.15) is 0 Å². The number of hydrogen-bond acceptors (Lipinski definition) is 4. The first-order valence-corrected chi connectivity index (χ1v) is 7.72. The second-order valence-corrected chi connectivity index (χ2v) is 6.65. The molecule has 0 aliphatic heterocycles. The molecule has 2 unspecified atom stereocenters. The maximum absolute atomic E-state index is 13.5. The van der Waals surface area contributed by atoms with Crippen LogP contribution in [0.3, 0.4) is 0 Å². The maximum Gasteiger partial charge on any atom is 0.243 e. The zero-order chi connectivity index (χ0) is 14.9. The summed E-state index contributed by atoms with van der Waals surface area (Å²) in [6.45, 7) is 0.0141. The molecule has 0 aromatic heterocycles. The molecular formula is C12H16F2N2O3S. The van der Waals surface area contributed by atoms with Gasteiger partial charge in [0.25, 0.3) is 0 Å². The van der Waals surface area contributed by atoms with Crippen molar-refractivity contribution < 1.29 is 22.3 Å². The average Bonchev–Trinajstić information content (AvgIpc) is 2.77. The predicted octanol–water partition coefficient (Wildman–Crippen LogP) is 0.986. The fourth-order valence-corrected chi connectivity index (χ4v) is 3.49. The Kier molecular flexibility index (Phi) is 4.26. The number of aliphatic hydroxyl groups excluding tert-OH is 1. The van der Waals surface area contributed by atoms with Crippen LogP contribution in [-0.2, 0) is 10.0 Å². The SMILES string of the molecule is Nc1cc(S(=O)(=O)NCC2CCCC2O)c(F)cc1F. The molecule has 1 aromatic carbocycles. The normalized spacial score (nSPS) is 23.1. The Hall–Kier alpha value is -1.25. The number of rotatable bonds is 4. The van der Waals surface area contributed by atoms with Crippen LogP contribution in [0.5, 0.6) is 0 Å². The zero-order valence-electron chi connectivity index (χ0n) is 10.6. The molecule has 2 atom stereocenters. The lowest BCUT2D eigenvalue weighted by Gasteiger charge is -2.15. The van der Waals surface area contributed by atoms with Crippen LogP contribution in [0.4, 0.5) is 14.5 Å². The molecule has 0 bridgehead atoms. The van der Waals surface area contributed by atoms with E-state index in [1.165, 1.54) is 0 Å². The maximum atomic E-state index is 13.5. The van der Waals surface area contributed by atoms with Crippen LogP contribution >= 0.6 is 0 Å². The number of halogens is 2. The second kappa shape index (κ2) is 5.63. The third-order valence-electron chi connectivity index (χ3n) is 3.50. The molecule has 1 aromatic rings. The highest BCUT2D eigenvalue weighted by Gasteiger charge is 2.28. The Morgan fingerprint density at radius 1 is 1.30 bits per heavy atom. The van der Waals surface area contributed by atoms with Crippen LogP contribution in [0, 0.1) is 17.6 Å². The van der Waals surface area contributed by atoms with Crippen molar-refractivity contribution in [1.29, 1.82) is 0 Å². The van der Waals surface area contributed by atoms with E-state index in [2.05, 4.69) is 4.72 Å². The summed E-state index contributed by atoms with van der Waals surface area (Å²) in [4.78, 5) is -0.691. The molecule has 0 amide bonds. The number of nitrogens with one attached hydrogen (secondary N) is 1. The van der Waals surface area contributed by atoms with Crippen LogP contribution < -0.4 is 10.5 Å². The predicted molar refractivity (Wildman–Crippen MR) is 69.3 cm³/mol. The first-order valence-electron chi connectivity index (χ1n) is 6.23. The zero-order valence-corrected chi connectivity index (χ0v) is 11.5. The fraction of sp³-hybridized carbons (Fsp3) is 0.500. The van der Waals surface area contributed by atoms with Crippen molar-refractivity contribution in [3.63, 3.8) is 0 Å². The van der Waals surface area contributed by atoms with Crippen molar-refractivity contribution in [1.82, 2.24) is 4.72 Å². The van der Waals surface area contributed by atoms with Gasteiger partial charge in [-0.05, 0) is 24.8 Å². The second-order valence-electron chi connectivity index (χ2n) is 4.91. The molecular weight excluding hydrogens is 290 g/mol. The summed E-state index contributed by atoms with van der Waals surface area (Å²) in [6, 6.07) is 1.19. The molecule has 1 fully saturated rings. The van der Waals surface area contributed by atoms with Gasteiger partial charge in [0.15, 0.2) is 0 Å². The first kappa shape index (κ1) is 15.1. The fourth-order valence-electron chi connectivity index (χ4n) is 2.30. The topological polar surface area (TPSA) is 92.4 Å². The number of nitrogens with two attached hydrogens (primary N) is 1. The molecule has 0 radical (unpaired) electrons. The van der Waals surface area contributed by atoms with E-state index >= 15 is 0 Å². The van der Waals surface area contributed by atoms with E-state index in [4.69, 9.17) is 5.73 Å². The van der Waals surface area contributed by atoms with Gasteiger partial charge >= 0.3 is 0 Å². The van der Waals surface area contributed by atoms with Crippen LogP contribution in [0.2, 0.25) is 0 Å². The average molecular weight is 306 g/mol. The van der Waals surface area contributed by atoms with Crippen molar-refractivity contribution in [3.05, 3.63) is 23.8 Å². The van der Waals surface area contributed by atoms with Gasteiger partial charge in [0.05, 0.1) is 11.8 Å². The van der Waals surface area contributed by atoms with E-state index in [0.717, 1.165) is 12.5 Å². The van der Waals surface area contributed by atoms with E-state index < -0.39 is 38.3 Å². The van der Waals surface area contributed by atoms with E-state index in [-0.39, 0.29) is 12.5 Å². The van der Waals surface area contributed by atoms with Crippen molar-refractivity contribution in [2.24, 2.45) is 5.92 Å².